The maximum atomic E-state index is 14.5. The summed E-state index contributed by atoms with van der Waals surface area (Å²) in [7, 11) is 1.40. The number of nitrogens with zero attached hydrogens (tertiary/aromatic N) is 5. The molecule has 0 radical (unpaired) electrons. The van der Waals surface area contributed by atoms with Crippen LogP contribution in [0.25, 0.3) is 5.57 Å². The molecule has 0 aliphatic carbocycles. The van der Waals surface area contributed by atoms with Crippen molar-refractivity contribution in [3.63, 3.8) is 0 Å². The number of carbonyl (C=O) groups is 1. The molecule has 36 heavy (non-hydrogen) atoms. The van der Waals surface area contributed by atoms with E-state index in [9.17, 15) is 31.1 Å². The fourth-order valence-corrected chi connectivity index (χ4v) is 3.85. The number of amides is 1. The average Bonchev–Trinajstić information content (AvgIpc) is 2.80. The van der Waals surface area contributed by atoms with Crippen LogP contribution in [0.3, 0.4) is 0 Å². The third-order valence-electron chi connectivity index (χ3n) is 5.57. The molecule has 2 aromatic rings. The maximum absolute atomic E-state index is 14.5. The van der Waals surface area contributed by atoms with Gasteiger partial charge in [-0.1, -0.05) is 6.92 Å². The van der Waals surface area contributed by atoms with Crippen LogP contribution in [0.5, 0.6) is 0 Å². The Morgan fingerprint density at radius 3 is 2.47 bits per heavy atom. The van der Waals surface area contributed by atoms with Crippen molar-refractivity contribution in [2.75, 3.05) is 25.5 Å². The topological polar surface area (TPSA) is 109 Å². The normalized spacial score (nSPS) is 20.8. The Bertz CT molecular complexity index is 1130. The molecule has 194 valence electrons. The molecule has 2 atom stereocenters. The highest BCUT2D eigenvalue weighted by atomic mass is 19.4. The number of allylic oxidation sites excluding steroid dienone is 1. The number of hydrogen-bond acceptors (Lipinski definition) is 7. The molecule has 8 nitrogen and oxygen atoms in total. The van der Waals surface area contributed by atoms with E-state index in [0.717, 1.165) is 17.2 Å². The number of nitrogens with two attached hydrogens (primary N) is 1. The number of carbonyl (C=O) groups excluding carboxylic acids is 1. The summed E-state index contributed by atoms with van der Waals surface area (Å²) >= 11 is 0. The second-order valence-electron chi connectivity index (χ2n) is 8.29. The zero-order valence-electron chi connectivity index (χ0n) is 19.2. The lowest BCUT2D eigenvalue weighted by molar-refractivity contribution is -0.148. The molecule has 3 N–H and O–H groups in total. The summed E-state index contributed by atoms with van der Waals surface area (Å²) in [5.74, 6) is -5.65. The molecule has 0 aromatic carbocycles. The Balaban J connectivity index is 1.89. The predicted octanol–water partition coefficient (Wildman–Crippen LogP) is 3.38. The van der Waals surface area contributed by atoms with Crippen LogP contribution >= 0.6 is 0 Å². The first-order valence-corrected chi connectivity index (χ1v) is 10.7. The molecule has 3 rings (SSSR count). The van der Waals surface area contributed by atoms with Gasteiger partial charge in [0.15, 0.2) is 0 Å². The number of likely N-dealkylation sites (tertiary alicyclic amines) is 1. The number of rotatable bonds is 6. The molecule has 2 aromatic heterocycles. The van der Waals surface area contributed by atoms with E-state index in [4.69, 9.17) is 5.73 Å². The first-order chi connectivity index (χ1) is 16.8. The Kier molecular flexibility index (Phi) is 7.84. The van der Waals surface area contributed by atoms with E-state index in [-0.39, 0.29) is 23.8 Å². The summed E-state index contributed by atoms with van der Waals surface area (Å²) in [6.07, 6.45) is -1.85. The van der Waals surface area contributed by atoms with Gasteiger partial charge in [-0.2, -0.15) is 13.2 Å². The van der Waals surface area contributed by atoms with E-state index >= 15 is 0 Å². The molecular formula is C22H23F6N7O. The molecule has 1 fully saturated rings. The Morgan fingerprint density at radius 2 is 1.92 bits per heavy atom. The van der Waals surface area contributed by atoms with Crippen molar-refractivity contribution in [1.29, 1.82) is 0 Å². The number of hydrogen-bond donors (Lipinski definition) is 2. The number of alkyl halides is 5. The van der Waals surface area contributed by atoms with Crippen LogP contribution < -0.4 is 11.1 Å². The molecular weight excluding hydrogens is 492 g/mol. The summed E-state index contributed by atoms with van der Waals surface area (Å²) < 4.78 is 80.4. The summed E-state index contributed by atoms with van der Waals surface area (Å²) in [5.41, 5.74) is 4.72. The lowest BCUT2D eigenvalue weighted by atomic mass is 9.88. The summed E-state index contributed by atoms with van der Waals surface area (Å²) in [4.78, 5) is 29.1. The van der Waals surface area contributed by atoms with E-state index in [0.29, 0.717) is 12.4 Å². The Hall–Kier alpha value is -3.71. The molecule has 0 bridgehead atoms. The number of aromatic nitrogens is 3. The van der Waals surface area contributed by atoms with Crippen molar-refractivity contribution >= 4 is 23.6 Å². The third-order valence-corrected chi connectivity index (χ3v) is 5.57. The van der Waals surface area contributed by atoms with Gasteiger partial charge in [-0.15, -0.1) is 0 Å². The number of pyridine rings is 1. The smallest absolute Gasteiger partial charge is 0.394 e. The maximum Gasteiger partial charge on any atom is 0.419 e. The highest BCUT2D eigenvalue weighted by Crippen LogP contribution is 2.35. The summed E-state index contributed by atoms with van der Waals surface area (Å²) in [6, 6.07) is 1.53. The second-order valence-corrected chi connectivity index (χ2v) is 8.29. The van der Waals surface area contributed by atoms with Gasteiger partial charge in [-0.05, 0) is 18.1 Å². The summed E-state index contributed by atoms with van der Waals surface area (Å²) in [6.45, 7) is 0.446. The minimum absolute atomic E-state index is 0.0156. The lowest BCUT2D eigenvalue weighted by Crippen LogP contribution is -2.58. The van der Waals surface area contributed by atoms with Crippen LogP contribution in [0, 0.1) is 11.7 Å². The van der Waals surface area contributed by atoms with Gasteiger partial charge in [0.25, 0.3) is 11.8 Å². The summed E-state index contributed by atoms with van der Waals surface area (Å²) in [5, 5.41) is 2.70. The second kappa shape index (κ2) is 10.5. The van der Waals surface area contributed by atoms with Crippen molar-refractivity contribution in [3.05, 3.63) is 53.5 Å². The van der Waals surface area contributed by atoms with Crippen LogP contribution in [0.15, 0.2) is 41.4 Å². The van der Waals surface area contributed by atoms with Crippen molar-refractivity contribution in [3.8, 4) is 0 Å². The number of nitrogens with one attached hydrogen (secondary N) is 1. The monoisotopic (exact) mass is 515 g/mol. The van der Waals surface area contributed by atoms with Crippen molar-refractivity contribution in [1.82, 2.24) is 19.9 Å². The van der Waals surface area contributed by atoms with Crippen LogP contribution in [0.1, 0.15) is 24.6 Å². The fourth-order valence-electron chi connectivity index (χ4n) is 3.85. The van der Waals surface area contributed by atoms with E-state index in [1.54, 1.807) is 0 Å². The average molecular weight is 515 g/mol. The lowest BCUT2D eigenvalue weighted by Gasteiger charge is -2.43. The Morgan fingerprint density at radius 1 is 1.25 bits per heavy atom. The minimum atomic E-state index is -4.62. The first kappa shape index (κ1) is 26.9. The minimum Gasteiger partial charge on any atom is -0.394 e. The largest absolute Gasteiger partial charge is 0.419 e. The number of halogens is 6. The van der Waals surface area contributed by atoms with E-state index < -0.39 is 60.0 Å². The van der Waals surface area contributed by atoms with E-state index in [1.165, 1.54) is 26.3 Å². The zero-order valence-corrected chi connectivity index (χ0v) is 19.2. The molecule has 0 spiro atoms. The number of anilines is 1. The van der Waals surface area contributed by atoms with Gasteiger partial charge in [0, 0.05) is 44.2 Å². The van der Waals surface area contributed by atoms with Crippen molar-refractivity contribution in [2.45, 2.75) is 31.5 Å². The van der Waals surface area contributed by atoms with E-state index in [1.807, 2.05) is 0 Å². The van der Waals surface area contributed by atoms with Crippen LogP contribution in [-0.4, -0.2) is 64.1 Å². The molecule has 0 saturated carbocycles. The van der Waals surface area contributed by atoms with Crippen molar-refractivity contribution in [2.24, 2.45) is 16.6 Å². The first-order valence-electron chi connectivity index (χ1n) is 10.7. The SMILES string of the molecule is CN=CC(=C(N)C(=O)N1CC(F)(F)CC(C)C1CNc1ncc(C(F)(F)F)cn1)c1ccc(F)cn1. The van der Waals surface area contributed by atoms with Gasteiger partial charge in [-0.25, -0.2) is 23.1 Å². The van der Waals surface area contributed by atoms with Gasteiger partial charge in [0.05, 0.1) is 30.0 Å². The van der Waals surface area contributed by atoms with Gasteiger partial charge in [0.1, 0.15) is 11.5 Å². The van der Waals surface area contributed by atoms with Gasteiger partial charge < -0.3 is 16.0 Å². The quantitative estimate of drug-likeness (QED) is 0.347. The highest BCUT2D eigenvalue weighted by Gasteiger charge is 2.46. The van der Waals surface area contributed by atoms with Crippen LogP contribution in [0.4, 0.5) is 32.3 Å². The van der Waals surface area contributed by atoms with Crippen molar-refractivity contribution < 1.29 is 31.1 Å². The molecule has 14 heteroatoms. The Labute approximate surface area is 202 Å². The zero-order chi connectivity index (χ0) is 26.7. The van der Waals surface area contributed by atoms with E-state index in [2.05, 4.69) is 25.3 Å². The molecule has 2 unspecified atom stereocenters. The molecule has 1 saturated heterocycles. The van der Waals surface area contributed by atoms with Crippen LogP contribution in [0.2, 0.25) is 0 Å². The molecule has 1 aliphatic rings. The van der Waals surface area contributed by atoms with Crippen LogP contribution in [-0.2, 0) is 11.0 Å². The molecule has 1 aliphatic heterocycles. The standard InChI is InChI=1S/C22H23F6N7O/c1-12-5-21(24,25)11-35(17(12)10-34-20-32-6-13(7-33-20)22(26,27)28)19(36)18(29)15(9-30-2)16-4-3-14(23)8-31-16/h3-4,6-9,12,17H,5,10-11,29H2,1-2H3,(H,32,33,34). The predicted molar refractivity (Wildman–Crippen MR) is 119 cm³/mol. The highest BCUT2D eigenvalue weighted by molar-refractivity contribution is 6.17. The fraction of sp³-hybridized carbons (Fsp3) is 0.409. The molecule has 3 heterocycles. The van der Waals surface area contributed by atoms with Gasteiger partial charge >= 0.3 is 6.18 Å². The van der Waals surface area contributed by atoms with Gasteiger partial charge in [-0.3, -0.25) is 14.8 Å². The number of aliphatic imine (C=N–C) groups is 1. The number of piperidine rings is 1. The molecule has 1 amide bonds. The third kappa shape index (κ3) is 6.29. The van der Waals surface area contributed by atoms with Gasteiger partial charge in [0.2, 0.25) is 5.95 Å².